The van der Waals surface area contributed by atoms with Crippen LogP contribution in [0.25, 0.3) is 0 Å². The molecule has 1 saturated heterocycles. The van der Waals surface area contributed by atoms with Gasteiger partial charge >= 0.3 is 0 Å². The summed E-state index contributed by atoms with van der Waals surface area (Å²) >= 11 is 0. The molecular formula is C15H24N2. The van der Waals surface area contributed by atoms with E-state index in [0.717, 1.165) is 19.4 Å². The Kier molecular flexibility index (Phi) is 4.57. The van der Waals surface area contributed by atoms with E-state index in [1.165, 1.54) is 30.4 Å². The molecule has 1 aliphatic rings. The first-order valence-corrected chi connectivity index (χ1v) is 6.87. The normalized spacial score (nSPS) is 22.4. The number of piperidine rings is 1. The minimum absolute atomic E-state index is 0.177. The van der Waals surface area contributed by atoms with Gasteiger partial charge in [-0.1, -0.05) is 37.6 Å². The highest BCUT2D eigenvalue weighted by Gasteiger charge is 2.16. The molecule has 0 bridgehead atoms. The first kappa shape index (κ1) is 12.6. The fourth-order valence-corrected chi connectivity index (χ4v) is 2.57. The van der Waals surface area contributed by atoms with Gasteiger partial charge in [0.05, 0.1) is 0 Å². The van der Waals surface area contributed by atoms with Crippen LogP contribution in [0.1, 0.15) is 49.8 Å². The standard InChI is InChI=1S/C15H24N2/c1-2-12-6-8-13(9-7-12)15(16)11-14-5-3-4-10-17-14/h6-9,14-15,17H,2-5,10-11,16H2,1H3. The quantitative estimate of drug-likeness (QED) is 0.837. The Labute approximate surface area is 105 Å². The molecule has 2 rings (SSSR count). The third-order valence-electron chi connectivity index (χ3n) is 3.77. The Bertz CT molecular complexity index is 325. The summed E-state index contributed by atoms with van der Waals surface area (Å²) in [6.45, 7) is 3.34. The van der Waals surface area contributed by atoms with Crippen LogP contribution in [0.5, 0.6) is 0 Å². The van der Waals surface area contributed by atoms with E-state index in [1.54, 1.807) is 0 Å². The Morgan fingerprint density at radius 2 is 2.06 bits per heavy atom. The van der Waals surface area contributed by atoms with Gasteiger partial charge < -0.3 is 11.1 Å². The molecule has 0 aliphatic carbocycles. The zero-order chi connectivity index (χ0) is 12.1. The van der Waals surface area contributed by atoms with Gasteiger partial charge in [0.25, 0.3) is 0 Å². The van der Waals surface area contributed by atoms with Crippen molar-refractivity contribution in [1.82, 2.24) is 5.32 Å². The Morgan fingerprint density at radius 1 is 1.29 bits per heavy atom. The Morgan fingerprint density at radius 3 is 2.65 bits per heavy atom. The summed E-state index contributed by atoms with van der Waals surface area (Å²) < 4.78 is 0. The molecule has 2 atom stereocenters. The van der Waals surface area contributed by atoms with E-state index in [1.807, 2.05) is 0 Å². The summed E-state index contributed by atoms with van der Waals surface area (Å²) in [7, 11) is 0. The zero-order valence-electron chi connectivity index (χ0n) is 10.8. The molecule has 0 radical (unpaired) electrons. The summed E-state index contributed by atoms with van der Waals surface area (Å²) in [5, 5.41) is 3.56. The number of aryl methyl sites for hydroxylation is 1. The van der Waals surface area contributed by atoms with Crippen LogP contribution in [0.3, 0.4) is 0 Å². The molecule has 0 spiro atoms. The lowest BCUT2D eigenvalue weighted by atomic mass is 9.94. The van der Waals surface area contributed by atoms with E-state index in [2.05, 4.69) is 36.5 Å². The monoisotopic (exact) mass is 232 g/mol. The number of hydrogen-bond donors (Lipinski definition) is 2. The molecule has 2 unspecified atom stereocenters. The van der Waals surface area contributed by atoms with E-state index < -0.39 is 0 Å². The van der Waals surface area contributed by atoms with Crippen LogP contribution in [0, 0.1) is 0 Å². The van der Waals surface area contributed by atoms with Gasteiger partial charge in [-0.15, -0.1) is 0 Å². The molecule has 17 heavy (non-hydrogen) atoms. The minimum atomic E-state index is 0.177. The molecule has 2 heteroatoms. The molecular weight excluding hydrogens is 208 g/mol. The molecule has 0 amide bonds. The number of nitrogens with two attached hydrogens (primary N) is 1. The van der Waals surface area contributed by atoms with Crippen LogP contribution in [-0.2, 0) is 6.42 Å². The van der Waals surface area contributed by atoms with Gasteiger partial charge in [-0.25, -0.2) is 0 Å². The average Bonchev–Trinajstić information content (AvgIpc) is 2.40. The van der Waals surface area contributed by atoms with Crippen LogP contribution in [0.15, 0.2) is 24.3 Å². The van der Waals surface area contributed by atoms with Gasteiger partial charge in [-0.05, 0) is 43.4 Å². The van der Waals surface area contributed by atoms with Crippen molar-refractivity contribution in [2.45, 2.75) is 51.1 Å². The molecule has 1 aromatic carbocycles. The third-order valence-corrected chi connectivity index (χ3v) is 3.77. The maximum Gasteiger partial charge on any atom is 0.0309 e. The lowest BCUT2D eigenvalue weighted by molar-refractivity contribution is 0.362. The summed E-state index contributed by atoms with van der Waals surface area (Å²) in [5.74, 6) is 0. The second kappa shape index (κ2) is 6.18. The van der Waals surface area contributed by atoms with E-state index in [4.69, 9.17) is 5.73 Å². The van der Waals surface area contributed by atoms with Crippen molar-refractivity contribution in [3.63, 3.8) is 0 Å². The highest BCUT2D eigenvalue weighted by atomic mass is 14.9. The van der Waals surface area contributed by atoms with E-state index >= 15 is 0 Å². The number of rotatable bonds is 4. The van der Waals surface area contributed by atoms with Crippen molar-refractivity contribution in [1.29, 1.82) is 0 Å². The molecule has 1 heterocycles. The average molecular weight is 232 g/mol. The van der Waals surface area contributed by atoms with Crippen LogP contribution < -0.4 is 11.1 Å². The van der Waals surface area contributed by atoms with Gasteiger partial charge in [0.15, 0.2) is 0 Å². The van der Waals surface area contributed by atoms with E-state index in [-0.39, 0.29) is 6.04 Å². The topological polar surface area (TPSA) is 38.0 Å². The molecule has 3 N–H and O–H groups in total. The number of nitrogens with one attached hydrogen (secondary N) is 1. The molecule has 2 nitrogen and oxygen atoms in total. The molecule has 94 valence electrons. The van der Waals surface area contributed by atoms with Crippen LogP contribution in [-0.4, -0.2) is 12.6 Å². The maximum absolute atomic E-state index is 6.28. The summed E-state index contributed by atoms with van der Waals surface area (Å²) in [6.07, 6.45) is 6.10. The lowest BCUT2D eigenvalue weighted by Gasteiger charge is -2.26. The molecule has 0 aromatic heterocycles. The predicted octanol–water partition coefficient (Wildman–Crippen LogP) is 2.78. The van der Waals surface area contributed by atoms with Gasteiger partial charge in [-0.3, -0.25) is 0 Å². The van der Waals surface area contributed by atoms with Crippen molar-refractivity contribution in [2.75, 3.05) is 6.54 Å². The van der Waals surface area contributed by atoms with E-state index in [9.17, 15) is 0 Å². The number of hydrogen-bond acceptors (Lipinski definition) is 2. The van der Waals surface area contributed by atoms with Crippen molar-refractivity contribution < 1.29 is 0 Å². The van der Waals surface area contributed by atoms with E-state index in [0.29, 0.717) is 6.04 Å². The fourth-order valence-electron chi connectivity index (χ4n) is 2.57. The van der Waals surface area contributed by atoms with Crippen molar-refractivity contribution in [3.8, 4) is 0 Å². The molecule has 1 fully saturated rings. The first-order chi connectivity index (χ1) is 8.29. The predicted molar refractivity (Wildman–Crippen MR) is 73.0 cm³/mol. The van der Waals surface area contributed by atoms with Crippen molar-refractivity contribution in [2.24, 2.45) is 5.73 Å². The van der Waals surface area contributed by atoms with Gasteiger partial charge in [-0.2, -0.15) is 0 Å². The first-order valence-electron chi connectivity index (χ1n) is 6.87. The highest BCUT2D eigenvalue weighted by Crippen LogP contribution is 2.20. The van der Waals surface area contributed by atoms with Gasteiger partial charge in [0.1, 0.15) is 0 Å². The lowest BCUT2D eigenvalue weighted by Crippen LogP contribution is -2.36. The van der Waals surface area contributed by atoms with Crippen LogP contribution >= 0.6 is 0 Å². The second-order valence-electron chi connectivity index (χ2n) is 5.08. The third kappa shape index (κ3) is 3.55. The smallest absolute Gasteiger partial charge is 0.0309 e. The fraction of sp³-hybridized carbons (Fsp3) is 0.600. The Hall–Kier alpha value is -0.860. The van der Waals surface area contributed by atoms with Crippen LogP contribution in [0.2, 0.25) is 0 Å². The molecule has 1 aliphatic heterocycles. The van der Waals surface area contributed by atoms with Gasteiger partial charge in [0.2, 0.25) is 0 Å². The zero-order valence-corrected chi connectivity index (χ0v) is 10.8. The summed E-state index contributed by atoms with van der Waals surface area (Å²) in [4.78, 5) is 0. The number of benzene rings is 1. The highest BCUT2D eigenvalue weighted by molar-refractivity contribution is 5.24. The van der Waals surface area contributed by atoms with Crippen molar-refractivity contribution >= 4 is 0 Å². The molecule has 1 aromatic rings. The van der Waals surface area contributed by atoms with Crippen LogP contribution in [0.4, 0.5) is 0 Å². The summed E-state index contributed by atoms with van der Waals surface area (Å²) in [5.41, 5.74) is 8.94. The second-order valence-corrected chi connectivity index (χ2v) is 5.08. The molecule has 0 saturated carbocycles. The SMILES string of the molecule is CCc1ccc(C(N)CC2CCCCN2)cc1. The Balaban J connectivity index is 1.91. The maximum atomic E-state index is 6.28. The summed E-state index contributed by atoms with van der Waals surface area (Å²) in [6, 6.07) is 9.56. The minimum Gasteiger partial charge on any atom is -0.324 e. The van der Waals surface area contributed by atoms with Gasteiger partial charge in [0, 0.05) is 12.1 Å². The largest absolute Gasteiger partial charge is 0.324 e. The van der Waals surface area contributed by atoms with Crippen molar-refractivity contribution in [3.05, 3.63) is 35.4 Å².